The zero-order chi connectivity index (χ0) is 11.4. The predicted octanol–water partition coefficient (Wildman–Crippen LogP) is 2.74. The van der Waals surface area contributed by atoms with Gasteiger partial charge in [-0.05, 0) is 37.5 Å². The van der Waals surface area contributed by atoms with Gasteiger partial charge in [0.1, 0.15) is 6.26 Å². The number of hydrogen-bond acceptors (Lipinski definition) is 3. The molecule has 0 saturated heterocycles. The molecule has 1 heterocycles. The normalized spacial score (nSPS) is 10.6. The summed E-state index contributed by atoms with van der Waals surface area (Å²) in [6.07, 6.45) is 4.66. The van der Waals surface area contributed by atoms with E-state index >= 15 is 0 Å². The molecule has 0 spiro atoms. The standard InChI is InChI=1S/C13H16N2O/c1-10-9-16-13(15-10)4-2-3-11-5-7-12(14)8-6-11/h5-9H,2-4,14H2,1H3. The highest BCUT2D eigenvalue weighted by Gasteiger charge is 2.00. The maximum Gasteiger partial charge on any atom is 0.194 e. The van der Waals surface area contributed by atoms with Crippen LogP contribution < -0.4 is 5.73 Å². The van der Waals surface area contributed by atoms with Crippen LogP contribution in [0.3, 0.4) is 0 Å². The highest BCUT2D eigenvalue weighted by molar-refractivity contribution is 5.39. The average Bonchev–Trinajstić information content (AvgIpc) is 2.67. The number of nitrogen functional groups attached to an aromatic ring is 1. The third kappa shape index (κ3) is 2.86. The molecule has 0 radical (unpaired) electrons. The summed E-state index contributed by atoms with van der Waals surface area (Å²) >= 11 is 0. The van der Waals surface area contributed by atoms with E-state index in [9.17, 15) is 0 Å². The van der Waals surface area contributed by atoms with Crippen molar-refractivity contribution in [1.82, 2.24) is 4.98 Å². The molecule has 0 saturated carbocycles. The highest BCUT2D eigenvalue weighted by Crippen LogP contribution is 2.10. The van der Waals surface area contributed by atoms with Crippen LogP contribution in [0.2, 0.25) is 0 Å². The molecule has 3 nitrogen and oxygen atoms in total. The lowest BCUT2D eigenvalue weighted by Gasteiger charge is -2.00. The number of benzene rings is 1. The van der Waals surface area contributed by atoms with E-state index in [2.05, 4.69) is 17.1 Å². The Bertz CT molecular complexity index is 445. The molecule has 0 amide bonds. The second-order valence-corrected chi connectivity index (χ2v) is 3.98. The van der Waals surface area contributed by atoms with E-state index < -0.39 is 0 Å². The fraction of sp³-hybridized carbons (Fsp3) is 0.308. The molecular weight excluding hydrogens is 200 g/mol. The minimum atomic E-state index is 0.812. The third-order valence-corrected chi connectivity index (χ3v) is 2.50. The number of aromatic nitrogens is 1. The number of hydrogen-bond donors (Lipinski definition) is 1. The maximum absolute atomic E-state index is 5.62. The Labute approximate surface area is 95.3 Å². The van der Waals surface area contributed by atoms with Gasteiger partial charge in [-0.2, -0.15) is 0 Å². The predicted molar refractivity (Wildman–Crippen MR) is 64.1 cm³/mol. The van der Waals surface area contributed by atoms with Crippen LogP contribution in [0, 0.1) is 6.92 Å². The van der Waals surface area contributed by atoms with E-state index in [0.717, 1.165) is 36.5 Å². The van der Waals surface area contributed by atoms with Gasteiger partial charge in [0.25, 0.3) is 0 Å². The Morgan fingerprint density at radius 1 is 1.19 bits per heavy atom. The van der Waals surface area contributed by atoms with Crippen molar-refractivity contribution < 1.29 is 4.42 Å². The Kier molecular flexibility index (Phi) is 3.25. The smallest absolute Gasteiger partial charge is 0.194 e. The monoisotopic (exact) mass is 216 g/mol. The molecule has 0 atom stereocenters. The minimum Gasteiger partial charge on any atom is -0.449 e. The molecule has 1 aromatic heterocycles. The van der Waals surface area contributed by atoms with Gasteiger partial charge >= 0.3 is 0 Å². The Morgan fingerprint density at radius 2 is 1.94 bits per heavy atom. The molecule has 0 aliphatic carbocycles. The molecule has 0 fully saturated rings. The quantitative estimate of drug-likeness (QED) is 0.799. The van der Waals surface area contributed by atoms with Crippen molar-refractivity contribution in [2.75, 3.05) is 5.73 Å². The van der Waals surface area contributed by atoms with E-state index in [1.807, 2.05) is 19.1 Å². The summed E-state index contributed by atoms with van der Waals surface area (Å²) in [4.78, 5) is 4.27. The second-order valence-electron chi connectivity index (χ2n) is 3.98. The molecule has 2 N–H and O–H groups in total. The summed E-state index contributed by atoms with van der Waals surface area (Å²) in [5, 5.41) is 0. The largest absolute Gasteiger partial charge is 0.449 e. The molecule has 0 aliphatic heterocycles. The lowest BCUT2D eigenvalue weighted by Crippen LogP contribution is -1.91. The molecule has 1 aromatic carbocycles. The first-order chi connectivity index (χ1) is 7.74. The van der Waals surface area contributed by atoms with Crippen LogP contribution >= 0.6 is 0 Å². The van der Waals surface area contributed by atoms with Crippen molar-refractivity contribution >= 4 is 5.69 Å². The summed E-state index contributed by atoms with van der Waals surface area (Å²) in [6.45, 7) is 1.94. The van der Waals surface area contributed by atoms with Crippen molar-refractivity contribution in [3.63, 3.8) is 0 Å². The van der Waals surface area contributed by atoms with E-state index in [1.54, 1.807) is 6.26 Å². The molecule has 0 unspecified atom stereocenters. The van der Waals surface area contributed by atoms with Crippen LogP contribution in [-0.2, 0) is 12.8 Å². The van der Waals surface area contributed by atoms with Gasteiger partial charge in [0.2, 0.25) is 0 Å². The summed E-state index contributed by atoms with van der Waals surface area (Å²) in [6, 6.07) is 8.00. The molecule has 0 bridgehead atoms. The molecule has 2 aromatic rings. The van der Waals surface area contributed by atoms with Crippen LogP contribution in [0.4, 0.5) is 5.69 Å². The van der Waals surface area contributed by atoms with Crippen molar-refractivity contribution in [3.8, 4) is 0 Å². The van der Waals surface area contributed by atoms with E-state index in [0.29, 0.717) is 0 Å². The van der Waals surface area contributed by atoms with Crippen molar-refractivity contribution in [3.05, 3.63) is 47.7 Å². The summed E-state index contributed by atoms with van der Waals surface area (Å²) < 4.78 is 5.29. The van der Waals surface area contributed by atoms with Gasteiger partial charge in [0, 0.05) is 12.1 Å². The topological polar surface area (TPSA) is 52.0 Å². The number of anilines is 1. The Hall–Kier alpha value is -1.77. The first kappa shape index (κ1) is 10.7. The molecule has 3 heteroatoms. The van der Waals surface area contributed by atoms with Crippen LogP contribution in [-0.4, -0.2) is 4.98 Å². The lowest BCUT2D eigenvalue weighted by atomic mass is 10.1. The van der Waals surface area contributed by atoms with Gasteiger partial charge in [-0.1, -0.05) is 12.1 Å². The summed E-state index contributed by atoms with van der Waals surface area (Å²) in [5.41, 5.74) is 8.69. The number of nitrogens with zero attached hydrogens (tertiary/aromatic N) is 1. The number of nitrogens with two attached hydrogens (primary N) is 1. The zero-order valence-corrected chi connectivity index (χ0v) is 9.44. The first-order valence-electron chi connectivity index (χ1n) is 5.49. The minimum absolute atomic E-state index is 0.812. The van der Waals surface area contributed by atoms with E-state index in [1.165, 1.54) is 5.56 Å². The number of rotatable bonds is 4. The first-order valence-corrected chi connectivity index (χ1v) is 5.49. The van der Waals surface area contributed by atoms with Gasteiger partial charge in [-0.15, -0.1) is 0 Å². The van der Waals surface area contributed by atoms with Gasteiger partial charge in [0.15, 0.2) is 5.89 Å². The Morgan fingerprint density at radius 3 is 2.56 bits per heavy atom. The molecule has 84 valence electrons. The third-order valence-electron chi connectivity index (χ3n) is 2.50. The highest BCUT2D eigenvalue weighted by atomic mass is 16.3. The summed E-state index contributed by atoms with van der Waals surface area (Å²) in [7, 11) is 0. The van der Waals surface area contributed by atoms with Crippen LogP contribution in [0.5, 0.6) is 0 Å². The molecule has 2 rings (SSSR count). The van der Waals surface area contributed by atoms with Gasteiger partial charge in [-0.3, -0.25) is 0 Å². The van der Waals surface area contributed by atoms with E-state index in [-0.39, 0.29) is 0 Å². The van der Waals surface area contributed by atoms with Crippen LogP contribution in [0.15, 0.2) is 34.9 Å². The van der Waals surface area contributed by atoms with Gasteiger partial charge in [0.05, 0.1) is 5.69 Å². The van der Waals surface area contributed by atoms with Gasteiger partial charge < -0.3 is 10.2 Å². The second kappa shape index (κ2) is 4.84. The lowest BCUT2D eigenvalue weighted by molar-refractivity contribution is 0.487. The fourth-order valence-corrected chi connectivity index (χ4v) is 1.65. The maximum atomic E-state index is 5.62. The summed E-state index contributed by atoms with van der Waals surface area (Å²) in [5.74, 6) is 0.827. The van der Waals surface area contributed by atoms with Crippen LogP contribution in [0.25, 0.3) is 0 Å². The molecule has 16 heavy (non-hydrogen) atoms. The van der Waals surface area contributed by atoms with Crippen molar-refractivity contribution in [1.29, 1.82) is 0 Å². The van der Waals surface area contributed by atoms with Gasteiger partial charge in [-0.25, -0.2) is 4.98 Å². The zero-order valence-electron chi connectivity index (χ0n) is 9.44. The van der Waals surface area contributed by atoms with Crippen molar-refractivity contribution in [2.24, 2.45) is 0 Å². The number of oxazole rings is 1. The van der Waals surface area contributed by atoms with Crippen LogP contribution in [0.1, 0.15) is 23.6 Å². The van der Waals surface area contributed by atoms with E-state index in [4.69, 9.17) is 10.2 Å². The Balaban J connectivity index is 1.82. The SMILES string of the molecule is Cc1coc(CCCc2ccc(N)cc2)n1. The average molecular weight is 216 g/mol. The van der Waals surface area contributed by atoms with Crippen molar-refractivity contribution in [2.45, 2.75) is 26.2 Å². The number of aryl methyl sites for hydroxylation is 3. The fourth-order valence-electron chi connectivity index (χ4n) is 1.65. The molecular formula is C13H16N2O. The molecule has 0 aliphatic rings.